The Morgan fingerprint density at radius 1 is 1.33 bits per heavy atom. The van der Waals surface area contributed by atoms with Crippen LogP contribution < -0.4 is 4.90 Å². The zero-order chi connectivity index (χ0) is 12.9. The van der Waals surface area contributed by atoms with Gasteiger partial charge in [-0.3, -0.25) is 4.79 Å². The monoisotopic (exact) mass is 247 g/mol. The summed E-state index contributed by atoms with van der Waals surface area (Å²) in [6.07, 6.45) is 3.02. The molecule has 0 spiro atoms. The fourth-order valence-corrected chi connectivity index (χ4v) is 3.27. The van der Waals surface area contributed by atoms with Crippen LogP contribution >= 0.6 is 0 Å². The maximum Gasteiger partial charge on any atom is 0.230 e. The molecule has 18 heavy (non-hydrogen) atoms. The molecule has 1 saturated heterocycles. The van der Waals surface area contributed by atoms with Crippen molar-refractivity contribution in [3.8, 4) is 0 Å². The van der Waals surface area contributed by atoms with Gasteiger partial charge in [0.05, 0.1) is 0 Å². The van der Waals surface area contributed by atoms with Crippen LogP contribution in [0.4, 0.5) is 10.1 Å². The van der Waals surface area contributed by atoms with Crippen LogP contribution in [0.3, 0.4) is 0 Å². The summed E-state index contributed by atoms with van der Waals surface area (Å²) in [7, 11) is 0. The molecular weight excluding hydrogens is 229 g/mol. The van der Waals surface area contributed by atoms with Gasteiger partial charge in [-0.2, -0.15) is 0 Å². The quantitative estimate of drug-likeness (QED) is 0.783. The number of rotatable bonds is 2. The highest BCUT2D eigenvalue weighted by Crippen LogP contribution is 2.41. The molecule has 0 aromatic heterocycles. The summed E-state index contributed by atoms with van der Waals surface area (Å²) in [6, 6.07) is 5.52. The first-order chi connectivity index (χ1) is 8.58. The molecule has 2 fully saturated rings. The number of hydrogen-bond donors (Lipinski definition) is 0. The molecule has 1 heterocycles. The number of fused-ring (bicyclic) bond motifs is 2. The minimum absolute atomic E-state index is 0.171. The number of amides is 1. The van der Waals surface area contributed by atoms with E-state index in [2.05, 4.69) is 0 Å². The van der Waals surface area contributed by atoms with Crippen molar-refractivity contribution in [2.45, 2.75) is 45.1 Å². The van der Waals surface area contributed by atoms with Crippen molar-refractivity contribution in [2.75, 3.05) is 4.90 Å². The summed E-state index contributed by atoms with van der Waals surface area (Å²) in [5, 5.41) is 0. The Balaban J connectivity index is 1.94. The molecule has 2 unspecified atom stereocenters. The van der Waals surface area contributed by atoms with Crippen LogP contribution in [0.2, 0.25) is 0 Å². The third-order valence-electron chi connectivity index (χ3n) is 4.24. The standard InChI is InChI=1S/C15H18FNO/c1-9(2)13-6-5-12(8-14(13)16)17-11-4-3-10(7-11)15(17)18/h5-6,8-11H,3-4,7H2,1-2H3. The predicted octanol–water partition coefficient (Wildman–Crippen LogP) is 3.46. The Hall–Kier alpha value is -1.38. The molecule has 96 valence electrons. The van der Waals surface area contributed by atoms with Crippen LogP contribution in [0.5, 0.6) is 0 Å². The van der Waals surface area contributed by atoms with Gasteiger partial charge in [-0.25, -0.2) is 4.39 Å². The molecule has 1 aliphatic heterocycles. The Kier molecular flexibility index (Phi) is 2.65. The van der Waals surface area contributed by atoms with Gasteiger partial charge in [0.25, 0.3) is 0 Å². The Morgan fingerprint density at radius 2 is 2.11 bits per heavy atom. The second kappa shape index (κ2) is 4.08. The van der Waals surface area contributed by atoms with Gasteiger partial charge in [0.2, 0.25) is 5.91 Å². The summed E-state index contributed by atoms with van der Waals surface area (Å²) < 4.78 is 14.0. The van der Waals surface area contributed by atoms with Crippen molar-refractivity contribution in [2.24, 2.45) is 5.92 Å². The van der Waals surface area contributed by atoms with E-state index in [0.29, 0.717) is 6.04 Å². The number of carbonyl (C=O) groups excluding carboxylic acids is 1. The molecule has 1 saturated carbocycles. The van der Waals surface area contributed by atoms with E-state index in [1.807, 2.05) is 26.0 Å². The SMILES string of the molecule is CC(C)c1ccc(N2C(=O)C3CCC2C3)cc1F. The fourth-order valence-electron chi connectivity index (χ4n) is 3.27. The van der Waals surface area contributed by atoms with Gasteiger partial charge in [-0.15, -0.1) is 0 Å². The molecule has 2 atom stereocenters. The minimum Gasteiger partial charge on any atom is -0.309 e. The average Bonchev–Trinajstić information content (AvgIpc) is 2.88. The maximum atomic E-state index is 14.0. The van der Waals surface area contributed by atoms with Gasteiger partial charge in [-0.05, 0) is 42.9 Å². The lowest BCUT2D eigenvalue weighted by molar-refractivity contribution is -0.121. The number of benzene rings is 1. The van der Waals surface area contributed by atoms with Crippen molar-refractivity contribution >= 4 is 11.6 Å². The van der Waals surface area contributed by atoms with Crippen LogP contribution in [0, 0.1) is 11.7 Å². The Morgan fingerprint density at radius 3 is 2.67 bits per heavy atom. The van der Waals surface area contributed by atoms with Gasteiger partial charge < -0.3 is 4.90 Å². The van der Waals surface area contributed by atoms with Gasteiger partial charge in [0.15, 0.2) is 0 Å². The van der Waals surface area contributed by atoms with E-state index >= 15 is 0 Å². The van der Waals surface area contributed by atoms with E-state index < -0.39 is 0 Å². The summed E-state index contributed by atoms with van der Waals surface area (Å²) in [5.41, 5.74) is 1.45. The first-order valence-corrected chi connectivity index (χ1v) is 6.70. The number of hydrogen-bond acceptors (Lipinski definition) is 1. The highest BCUT2D eigenvalue weighted by atomic mass is 19.1. The highest BCUT2D eigenvalue weighted by molar-refractivity contribution is 5.98. The first-order valence-electron chi connectivity index (χ1n) is 6.70. The molecule has 1 aromatic rings. The number of carbonyl (C=O) groups is 1. The van der Waals surface area contributed by atoms with Crippen LogP contribution in [0.25, 0.3) is 0 Å². The second-order valence-corrected chi connectivity index (χ2v) is 5.73. The molecule has 1 aromatic carbocycles. The maximum absolute atomic E-state index is 14.0. The van der Waals surface area contributed by atoms with Crippen molar-refractivity contribution in [3.63, 3.8) is 0 Å². The topological polar surface area (TPSA) is 20.3 Å². The molecule has 0 radical (unpaired) electrons. The van der Waals surface area contributed by atoms with Gasteiger partial charge >= 0.3 is 0 Å². The third kappa shape index (κ3) is 1.64. The number of halogens is 1. The van der Waals surface area contributed by atoms with E-state index in [-0.39, 0.29) is 23.6 Å². The zero-order valence-corrected chi connectivity index (χ0v) is 10.8. The van der Waals surface area contributed by atoms with Crippen LogP contribution in [0.1, 0.15) is 44.6 Å². The number of nitrogens with zero attached hydrogens (tertiary/aromatic N) is 1. The largest absolute Gasteiger partial charge is 0.309 e. The average molecular weight is 247 g/mol. The minimum atomic E-state index is -0.196. The number of piperidine rings is 1. The normalized spacial score (nSPS) is 26.4. The van der Waals surface area contributed by atoms with E-state index in [1.54, 1.807) is 4.90 Å². The van der Waals surface area contributed by atoms with Crippen LogP contribution in [-0.2, 0) is 4.79 Å². The second-order valence-electron chi connectivity index (χ2n) is 5.73. The van der Waals surface area contributed by atoms with E-state index in [9.17, 15) is 9.18 Å². The summed E-state index contributed by atoms with van der Waals surface area (Å²) in [4.78, 5) is 13.9. The van der Waals surface area contributed by atoms with Crippen LogP contribution in [-0.4, -0.2) is 11.9 Å². The van der Waals surface area contributed by atoms with Crippen molar-refractivity contribution in [3.05, 3.63) is 29.6 Å². The lowest BCUT2D eigenvalue weighted by atomic mass is 10.0. The molecule has 2 nitrogen and oxygen atoms in total. The van der Waals surface area contributed by atoms with Crippen molar-refractivity contribution in [1.29, 1.82) is 0 Å². The van der Waals surface area contributed by atoms with Crippen LogP contribution in [0.15, 0.2) is 18.2 Å². The summed E-state index contributed by atoms with van der Waals surface area (Å²) in [5.74, 6) is 0.341. The van der Waals surface area contributed by atoms with E-state index in [0.717, 1.165) is 30.5 Å². The van der Waals surface area contributed by atoms with E-state index in [4.69, 9.17) is 0 Å². The van der Waals surface area contributed by atoms with Crippen molar-refractivity contribution < 1.29 is 9.18 Å². The molecule has 1 aliphatic carbocycles. The Bertz CT molecular complexity index is 497. The molecule has 1 amide bonds. The lowest BCUT2D eigenvalue weighted by Crippen LogP contribution is -2.37. The molecule has 3 heteroatoms. The number of anilines is 1. The fraction of sp³-hybridized carbons (Fsp3) is 0.533. The Labute approximate surface area is 107 Å². The smallest absolute Gasteiger partial charge is 0.230 e. The predicted molar refractivity (Wildman–Crippen MR) is 69.1 cm³/mol. The van der Waals surface area contributed by atoms with Gasteiger partial charge in [0.1, 0.15) is 5.82 Å². The zero-order valence-electron chi connectivity index (χ0n) is 10.8. The molecule has 0 N–H and O–H groups in total. The highest BCUT2D eigenvalue weighted by Gasteiger charge is 2.45. The lowest BCUT2D eigenvalue weighted by Gasteiger charge is -2.27. The van der Waals surface area contributed by atoms with Gasteiger partial charge in [-0.1, -0.05) is 19.9 Å². The molecular formula is C15H18FNO. The van der Waals surface area contributed by atoms with Gasteiger partial charge in [0, 0.05) is 17.6 Å². The molecule has 3 rings (SSSR count). The summed E-state index contributed by atoms with van der Waals surface area (Å²) >= 11 is 0. The molecule has 2 aliphatic rings. The third-order valence-corrected chi connectivity index (χ3v) is 4.24. The summed E-state index contributed by atoms with van der Waals surface area (Å²) in [6.45, 7) is 3.95. The van der Waals surface area contributed by atoms with E-state index in [1.165, 1.54) is 6.07 Å². The van der Waals surface area contributed by atoms with Crippen molar-refractivity contribution in [1.82, 2.24) is 0 Å². The first kappa shape index (κ1) is 11.7. The molecule has 2 bridgehead atoms.